The molecule has 0 saturated heterocycles. The van der Waals surface area contributed by atoms with Gasteiger partial charge in [-0.3, -0.25) is 4.79 Å². The Bertz CT molecular complexity index is 348. The molecule has 0 spiro atoms. The summed E-state index contributed by atoms with van der Waals surface area (Å²) in [7, 11) is 0. The Morgan fingerprint density at radius 3 is 2.45 bits per heavy atom. The van der Waals surface area contributed by atoms with Crippen molar-refractivity contribution >= 4 is 5.78 Å². The van der Waals surface area contributed by atoms with E-state index in [1.54, 1.807) is 0 Å². The van der Waals surface area contributed by atoms with Crippen LogP contribution in [0.4, 0.5) is 0 Å². The Hall–Kier alpha value is -0.890. The van der Waals surface area contributed by atoms with Crippen molar-refractivity contribution in [1.82, 2.24) is 0 Å². The summed E-state index contributed by atoms with van der Waals surface area (Å²) < 4.78 is 5.64. The summed E-state index contributed by atoms with van der Waals surface area (Å²) in [5.41, 5.74) is 2.67. The van der Waals surface area contributed by atoms with Crippen molar-refractivity contribution in [1.29, 1.82) is 0 Å². The number of carbonyl (C=O) groups excluding carboxylic acids is 1. The van der Waals surface area contributed by atoms with Gasteiger partial charge in [0.25, 0.3) is 0 Å². The predicted octanol–water partition coefficient (Wildman–Crippen LogP) is 4.70. The van der Waals surface area contributed by atoms with Crippen LogP contribution in [0, 0.1) is 11.8 Å². The van der Waals surface area contributed by atoms with Gasteiger partial charge in [0.05, 0.1) is 6.61 Å². The lowest BCUT2D eigenvalue weighted by atomic mass is 9.94. The monoisotopic (exact) mass is 278 g/mol. The van der Waals surface area contributed by atoms with Gasteiger partial charge in [0, 0.05) is 12.3 Å². The van der Waals surface area contributed by atoms with E-state index < -0.39 is 0 Å². The molecule has 0 amide bonds. The molecule has 114 valence electrons. The average Bonchev–Trinajstić information content (AvgIpc) is 2.75. The van der Waals surface area contributed by atoms with Gasteiger partial charge in [-0.05, 0) is 19.8 Å². The number of carbonyl (C=O) groups is 1. The zero-order valence-electron chi connectivity index (χ0n) is 13.6. The Morgan fingerprint density at radius 1 is 1.25 bits per heavy atom. The number of ketones is 1. The van der Waals surface area contributed by atoms with Gasteiger partial charge in [-0.2, -0.15) is 0 Å². The molecule has 0 aromatic rings. The maximum atomic E-state index is 12.0. The third kappa shape index (κ3) is 5.62. The van der Waals surface area contributed by atoms with E-state index in [-0.39, 0.29) is 12.4 Å². The number of rotatable bonds is 10. The second-order valence-corrected chi connectivity index (χ2v) is 6.05. The Kier molecular flexibility index (Phi) is 7.83. The van der Waals surface area contributed by atoms with Crippen molar-refractivity contribution in [3.8, 4) is 0 Å². The minimum atomic E-state index is 0.259. The van der Waals surface area contributed by atoms with Crippen molar-refractivity contribution in [2.75, 3.05) is 13.2 Å². The van der Waals surface area contributed by atoms with Crippen LogP contribution in [0.15, 0.2) is 23.3 Å². The van der Waals surface area contributed by atoms with E-state index in [9.17, 15) is 4.79 Å². The Morgan fingerprint density at radius 2 is 1.90 bits per heavy atom. The lowest BCUT2D eigenvalue weighted by Crippen LogP contribution is -2.17. The molecule has 20 heavy (non-hydrogen) atoms. The highest BCUT2D eigenvalue weighted by atomic mass is 16.5. The average molecular weight is 278 g/mol. The smallest absolute Gasteiger partial charge is 0.158 e. The molecule has 0 radical (unpaired) electrons. The van der Waals surface area contributed by atoms with E-state index in [2.05, 4.69) is 39.8 Å². The molecule has 0 bridgehead atoms. The third-order valence-corrected chi connectivity index (χ3v) is 4.32. The van der Waals surface area contributed by atoms with Gasteiger partial charge in [0.15, 0.2) is 5.78 Å². The molecular weight excluding hydrogens is 248 g/mol. The summed E-state index contributed by atoms with van der Waals surface area (Å²) in [5.74, 6) is 1.18. The standard InChI is InChI=1S/C18H30O2/c1-5-7-8-16(6-2)11-17(19)12-20-13-18-14(3)9-10-15(18)4/h9-10,16,18H,5-8,11-13H2,1-4H3. The molecule has 1 aliphatic carbocycles. The van der Waals surface area contributed by atoms with Gasteiger partial charge in [-0.25, -0.2) is 0 Å². The summed E-state index contributed by atoms with van der Waals surface area (Å²) in [6.45, 7) is 9.55. The van der Waals surface area contributed by atoms with E-state index in [0.717, 1.165) is 6.42 Å². The third-order valence-electron chi connectivity index (χ3n) is 4.32. The zero-order chi connectivity index (χ0) is 15.0. The first-order valence-electron chi connectivity index (χ1n) is 8.02. The minimum Gasteiger partial charge on any atom is -0.373 e. The van der Waals surface area contributed by atoms with Crippen molar-refractivity contribution in [3.05, 3.63) is 23.3 Å². The molecule has 0 aliphatic heterocycles. The Labute approximate surface area is 124 Å². The lowest BCUT2D eigenvalue weighted by molar-refractivity contribution is -0.124. The molecule has 0 heterocycles. The number of unbranched alkanes of at least 4 members (excludes halogenated alkanes) is 1. The fourth-order valence-electron chi connectivity index (χ4n) is 2.73. The maximum Gasteiger partial charge on any atom is 0.158 e. The largest absolute Gasteiger partial charge is 0.373 e. The first-order chi connectivity index (χ1) is 9.58. The van der Waals surface area contributed by atoms with Crippen molar-refractivity contribution < 1.29 is 9.53 Å². The van der Waals surface area contributed by atoms with Gasteiger partial charge < -0.3 is 4.74 Å². The van der Waals surface area contributed by atoms with Crippen LogP contribution in [0.3, 0.4) is 0 Å². The molecule has 0 aromatic carbocycles. The molecule has 0 fully saturated rings. The SMILES string of the molecule is CCCCC(CC)CC(=O)COCC1C(C)=CC=C1C. The predicted molar refractivity (Wildman–Crippen MR) is 84.8 cm³/mol. The minimum absolute atomic E-state index is 0.259. The quantitative estimate of drug-likeness (QED) is 0.579. The van der Waals surface area contributed by atoms with Gasteiger partial charge >= 0.3 is 0 Å². The summed E-state index contributed by atoms with van der Waals surface area (Å²) in [4.78, 5) is 12.0. The maximum absolute atomic E-state index is 12.0. The highest BCUT2D eigenvalue weighted by Gasteiger charge is 2.18. The summed E-state index contributed by atoms with van der Waals surface area (Å²) in [6, 6.07) is 0. The lowest BCUT2D eigenvalue weighted by Gasteiger charge is -2.16. The highest BCUT2D eigenvalue weighted by molar-refractivity contribution is 5.79. The molecule has 0 aromatic heterocycles. The van der Waals surface area contributed by atoms with Crippen LogP contribution in [0.1, 0.15) is 59.8 Å². The number of allylic oxidation sites excluding steroid dienone is 2. The van der Waals surface area contributed by atoms with E-state index in [1.807, 2.05) is 0 Å². The van der Waals surface area contributed by atoms with E-state index in [0.29, 0.717) is 24.9 Å². The van der Waals surface area contributed by atoms with Crippen LogP contribution in [-0.2, 0) is 9.53 Å². The first kappa shape index (κ1) is 17.2. The highest BCUT2D eigenvalue weighted by Crippen LogP contribution is 2.26. The molecule has 0 N–H and O–H groups in total. The fourth-order valence-corrected chi connectivity index (χ4v) is 2.73. The van der Waals surface area contributed by atoms with Crippen LogP contribution in [-0.4, -0.2) is 19.0 Å². The summed E-state index contributed by atoms with van der Waals surface area (Å²) in [6.07, 6.45) is 9.67. The van der Waals surface area contributed by atoms with Crippen molar-refractivity contribution in [2.24, 2.45) is 11.8 Å². The molecule has 1 aliphatic rings. The number of ether oxygens (including phenoxy) is 1. The van der Waals surface area contributed by atoms with E-state index in [1.165, 1.54) is 30.4 Å². The normalized spacial score (nSPS) is 17.0. The van der Waals surface area contributed by atoms with Gasteiger partial charge in [-0.1, -0.05) is 62.8 Å². The number of Topliss-reactive ketones (excluding diaryl/α,β-unsaturated/α-hetero) is 1. The Balaban J connectivity index is 2.22. The molecule has 2 heteroatoms. The van der Waals surface area contributed by atoms with Crippen molar-refractivity contribution in [3.63, 3.8) is 0 Å². The molecule has 1 atom stereocenters. The van der Waals surface area contributed by atoms with Gasteiger partial charge in [-0.15, -0.1) is 0 Å². The van der Waals surface area contributed by atoms with Crippen molar-refractivity contribution in [2.45, 2.75) is 59.8 Å². The molecular formula is C18H30O2. The van der Waals surface area contributed by atoms with Crippen LogP contribution < -0.4 is 0 Å². The summed E-state index contributed by atoms with van der Waals surface area (Å²) in [5, 5.41) is 0. The first-order valence-corrected chi connectivity index (χ1v) is 8.02. The molecule has 1 rings (SSSR count). The topological polar surface area (TPSA) is 26.3 Å². The second-order valence-electron chi connectivity index (χ2n) is 6.05. The van der Waals surface area contributed by atoms with Crippen LogP contribution >= 0.6 is 0 Å². The fraction of sp³-hybridized carbons (Fsp3) is 0.722. The van der Waals surface area contributed by atoms with Crippen LogP contribution in [0.2, 0.25) is 0 Å². The summed E-state index contributed by atoms with van der Waals surface area (Å²) >= 11 is 0. The molecule has 0 saturated carbocycles. The molecule has 1 unspecified atom stereocenters. The number of hydrogen-bond acceptors (Lipinski definition) is 2. The second kappa shape index (κ2) is 9.12. The van der Waals surface area contributed by atoms with E-state index in [4.69, 9.17) is 4.74 Å². The van der Waals surface area contributed by atoms with Gasteiger partial charge in [0.1, 0.15) is 6.61 Å². The zero-order valence-corrected chi connectivity index (χ0v) is 13.6. The molecule has 2 nitrogen and oxygen atoms in total. The van der Waals surface area contributed by atoms with E-state index >= 15 is 0 Å². The number of hydrogen-bond donors (Lipinski definition) is 0. The van der Waals surface area contributed by atoms with Crippen LogP contribution in [0.5, 0.6) is 0 Å². The van der Waals surface area contributed by atoms with Gasteiger partial charge in [0.2, 0.25) is 0 Å². The van der Waals surface area contributed by atoms with Crippen LogP contribution in [0.25, 0.3) is 0 Å².